The fourth-order valence-electron chi connectivity index (χ4n) is 3.94. The van der Waals surface area contributed by atoms with Crippen LogP contribution in [0.25, 0.3) is 0 Å². The van der Waals surface area contributed by atoms with Crippen molar-refractivity contribution in [3.8, 4) is 5.75 Å². The molecule has 3 aliphatic rings. The molecular formula is C17H19NO6S. The van der Waals surface area contributed by atoms with Gasteiger partial charge in [0.2, 0.25) is 10.0 Å². The van der Waals surface area contributed by atoms with Gasteiger partial charge in [0.15, 0.2) is 6.10 Å². The number of nitrogens with one attached hydrogen (secondary N) is 1. The van der Waals surface area contributed by atoms with Gasteiger partial charge in [0, 0.05) is 0 Å². The molecule has 0 amide bonds. The van der Waals surface area contributed by atoms with Crippen LogP contribution in [0.5, 0.6) is 5.75 Å². The van der Waals surface area contributed by atoms with Gasteiger partial charge in [0.05, 0.1) is 24.8 Å². The summed E-state index contributed by atoms with van der Waals surface area (Å²) in [6, 6.07) is 6.03. The minimum atomic E-state index is -3.53. The molecule has 0 radical (unpaired) electrons. The zero-order chi connectivity index (χ0) is 17.8. The van der Waals surface area contributed by atoms with E-state index in [0.29, 0.717) is 17.7 Å². The van der Waals surface area contributed by atoms with Crippen molar-refractivity contribution in [1.29, 1.82) is 0 Å². The van der Waals surface area contributed by atoms with Crippen molar-refractivity contribution in [1.82, 2.24) is 4.72 Å². The Morgan fingerprint density at radius 2 is 2.20 bits per heavy atom. The minimum Gasteiger partial charge on any atom is -0.497 e. The van der Waals surface area contributed by atoms with Crippen LogP contribution in [-0.4, -0.2) is 50.6 Å². The van der Waals surface area contributed by atoms with E-state index in [1.54, 1.807) is 37.3 Å². The smallest absolute Gasteiger partial charge is 0.338 e. The van der Waals surface area contributed by atoms with E-state index in [4.69, 9.17) is 14.2 Å². The fraction of sp³-hybridized carbons (Fsp3) is 0.471. The molecule has 0 unspecified atom stereocenters. The fourth-order valence-corrected chi connectivity index (χ4v) is 5.94. The second-order valence-electron chi connectivity index (χ2n) is 6.60. The van der Waals surface area contributed by atoms with Gasteiger partial charge in [-0.1, -0.05) is 12.1 Å². The molecule has 1 aromatic carbocycles. The third-order valence-corrected chi connectivity index (χ3v) is 7.05. The van der Waals surface area contributed by atoms with Gasteiger partial charge in [-0.05, 0) is 37.6 Å². The van der Waals surface area contributed by atoms with E-state index in [-0.39, 0.29) is 6.10 Å². The Bertz CT molecular complexity index is 850. The maximum Gasteiger partial charge on any atom is 0.338 e. The van der Waals surface area contributed by atoms with Crippen LogP contribution in [0.4, 0.5) is 0 Å². The van der Waals surface area contributed by atoms with Gasteiger partial charge in [-0.15, -0.1) is 0 Å². The van der Waals surface area contributed by atoms with Crippen LogP contribution >= 0.6 is 0 Å². The number of carbonyl (C=O) groups excluding carboxylic acids is 1. The van der Waals surface area contributed by atoms with Crippen molar-refractivity contribution in [2.75, 3.05) is 7.11 Å². The molecule has 2 fully saturated rings. The molecule has 1 spiro atoms. The molecule has 7 nitrogen and oxygen atoms in total. The summed E-state index contributed by atoms with van der Waals surface area (Å²) in [6.45, 7) is 1.68. The molecule has 0 saturated carbocycles. The molecule has 3 aliphatic heterocycles. The van der Waals surface area contributed by atoms with Gasteiger partial charge < -0.3 is 14.2 Å². The summed E-state index contributed by atoms with van der Waals surface area (Å²) in [6.07, 6.45) is 2.94. The Morgan fingerprint density at radius 3 is 2.92 bits per heavy atom. The molecule has 2 saturated heterocycles. The van der Waals surface area contributed by atoms with E-state index in [9.17, 15) is 13.2 Å². The number of ether oxygens (including phenoxy) is 3. The number of hydrogen-bond donors (Lipinski definition) is 1. The normalized spacial score (nSPS) is 37.5. The van der Waals surface area contributed by atoms with Crippen molar-refractivity contribution in [2.45, 2.75) is 42.4 Å². The van der Waals surface area contributed by atoms with E-state index in [1.165, 1.54) is 7.11 Å². The number of fused-ring (bicyclic) bond motifs is 1. The minimum absolute atomic E-state index is 0.259. The van der Waals surface area contributed by atoms with Crippen molar-refractivity contribution in [3.63, 3.8) is 0 Å². The lowest BCUT2D eigenvalue weighted by molar-refractivity contribution is -0.0845. The van der Waals surface area contributed by atoms with Gasteiger partial charge in [-0.2, -0.15) is 0 Å². The monoisotopic (exact) mass is 365 g/mol. The molecule has 134 valence electrons. The number of sulfonamides is 1. The van der Waals surface area contributed by atoms with Crippen LogP contribution in [0.15, 0.2) is 36.4 Å². The van der Waals surface area contributed by atoms with Crippen LogP contribution in [0, 0.1) is 0 Å². The molecule has 0 aliphatic carbocycles. The van der Waals surface area contributed by atoms with E-state index < -0.39 is 39.0 Å². The van der Waals surface area contributed by atoms with Gasteiger partial charge in [-0.3, -0.25) is 0 Å². The average molecular weight is 365 g/mol. The number of methoxy groups -OCH3 is 1. The summed E-state index contributed by atoms with van der Waals surface area (Å²) in [4.78, 5) is 12.6. The van der Waals surface area contributed by atoms with E-state index in [2.05, 4.69) is 4.72 Å². The molecule has 25 heavy (non-hydrogen) atoms. The lowest BCUT2D eigenvalue weighted by Gasteiger charge is -2.44. The lowest BCUT2D eigenvalue weighted by atomic mass is 9.85. The highest BCUT2D eigenvalue weighted by Crippen LogP contribution is 2.48. The largest absolute Gasteiger partial charge is 0.497 e. The first-order valence-electron chi connectivity index (χ1n) is 8.09. The van der Waals surface area contributed by atoms with Crippen molar-refractivity contribution < 1.29 is 27.4 Å². The van der Waals surface area contributed by atoms with Crippen molar-refractivity contribution in [3.05, 3.63) is 42.0 Å². The molecule has 1 aromatic rings. The van der Waals surface area contributed by atoms with Crippen LogP contribution < -0.4 is 9.46 Å². The number of hydrogen-bond acceptors (Lipinski definition) is 6. The first-order chi connectivity index (χ1) is 11.9. The topological polar surface area (TPSA) is 90.9 Å². The van der Waals surface area contributed by atoms with Crippen LogP contribution in [0.2, 0.25) is 0 Å². The van der Waals surface area contributed by atoms with Gasteiger partial charge in [0.1, 0.15) is 16.6 Å². The average Bonchev–Trinajstić information content (AvgIpc) is 3.17. The third kappa shape index (κ3) is 2.47. The Hall–Kier alpha value is -1.90. The molecule has 3 heterocycles. The Labute approximate surface area is 146 Å². The molecule has 0 aromatic heterocycles. The summed E-state index contributed by atoms with van der Waals surface area (Å²) in [5.74, 6) is -0.00171. The second-order valence-corrected chi connectivity index (χ2v) is 8.50. The second kappa shape index (κ2) is 5.55. The molecule has 4 rings (SSSR count). The SMILES string of the molecule is COc1cccc(C(=O)O[C@H]2[C@H](C)NS(=O)(=O)[C@H]3C[C@H]4C=C[C@]23O4)c1. The first-order valence-corrected chi connectivity index (χ1v) is 9.64. The quantitative estimate of drug-likeness (QED) is 0.635. The first kappa shape index (κ1) is 16.6. The summed E-state index contributed by atoms with van der Waals surface area (Å²) in [7, 11) is -2.02. The standard InChI is InChI=1S/C17H19NO6S/c1-10-15(23-16(19)11-4-3-5-12(8-11)22-2)17-7-6-13(24-17)9-14(17)25(20,21)18-10/h3-8,10,13-15,18H,9H2,1-2H3/t10-,13+,14-,15-,17+/m0/s1. The van der Waals surface area contributed by atoms with Crippen LogP contribution in [0.3, 0.4) is 0 Å². The zero-order valence-electron chi connectivity index (χ0n) is 13.8. The zero-order valence-corrected chi connectivity index (χ0v) is 14.7. The van der Waals surface area contributed by atoms with Gasteiger partial charge in [-0.25, -0.2) is 17.9 Å². The molecule has 2 bridgehead atoms. The Morgan fingerprint density at radius 1 is 1.40 bits per heavy atom. The summed E-state index contributed by atoms with van der Waals surface area (Å²) >= 11 is 0. The van der Waals surface area contributed by atoms with Crippen molar-refractivity contribution >= 4 is 16.0 Å². The Balaban J connectivity index is 1.65. The third-order valence-electron chi connectivity index (χ3n) is 5.04. The number of benzene rings is 1. The number of rotatable bonds is 3. The highest BCUT2D eigenvalue weighted by molar-refractivity contribution is 7.90. The summed E-state index contributed by atoms with van der Waals surface area (Å²) in [5, 5.41) is -0.755. The molecule has 1 N–H and O–H groups in total. The number of carbonyl (C=O) groups is 1. The van der Waals surface area contributed by atoms with E-state index in [0.717, 1.165) is 0 Å². The lowest BCUT2D eigenvalue weighted by Crippen LogP contribution is -2.67. The number of esters is 1. The maximum atomic E-state index is 12.6. The van der Waals surface area contributed by atoms with E-state index >= 15 is 0 Å². The van der Waals surface area contributed by atoms with Crippen LogP contribution in [-0.2, 0) is 19.5 Å². The molecule has 8 heteroatoms. The van der Waals surface area contributed by atoms with Crippen LogP contribution in [0.1, 0.15) is 23.7 Å². The predicted molar refractivity (Wildman–Crippen MR) is 88.9 cm³/mol. The van der Waals surface area contributed by atoms with E-state index in [1.807, 2.05) is 6.08 Å². The predicted octanol–water partition coefficient (Wildman–Crippen LogP) is 1.01. The van der Waals surface area contributed by atoms with Crippen molar-refractivity contribution in [2.24, 2.45) is 0 Å². The Kier molecular flexibility index (Phi) is 3.68. The van der Waals surface area contributed by atoms with Gasteiger partial charge in [0.25, 0.3) is 0 Å². The maximum absolute atomic E-state index is 12.6. The molecule has 5 atom stereocenters. The molecular weight excluding hydrogens is 346 g/mol. The van der Waals surface area contributed by atoms with Gasteiger partial charge >= 0.3 is 5.97 Å². The highest BCUT2D eigenvalue weighted by Gasteiger charge is 2.65. The highest BCUT2D eigenvalue weighted by atomic mass is 32.2. The summed E-state index contributed by atoms with van der Waals surface area (Å²) in [5.41, 5.74) is -0.785. The summed E-state index contributed by atoms with van der Waals surface area (Å²) < 4.78 is 44.3.